The molecule has 4 aromatic rings. The smallest absolute Gasteiger partial charge is 0.452 e. The highest BCUT2D eigenvalue weighted by Gasteiger charge is 2.43. The third kappa shape index (κ3) is 5.77. The molecular formula is C27H25ClF3N5O5. The minimum absolute atomic E-state index is 0.0337. The number of halogens is 4. The van der Waals surface area contributed by atoms with Gasteiger partial charge in [-0.2, -0.15) is 13.2 Å². The number of aryl methyl sites for hydroxylation is 1. The fraction of sp³-hybridized carbons (Fsp3) is 0.370. The lowest BCUT2D eigenvalue weighted by molar-refractivity contribution is -0.146. The number of ether oxygens (including phenoxy) is 3. The van der Waals surface area contributed by atoms with Gasteiger partial charge in [-0.1, -0.05) is 23.7 Å². The van der Waals surface area contributed by atoms with E-state index in [1.165, 1.54) is 19.2 Å². The van der Waals surface area contributed by atoms with Crippen molar-refractivity contribution in [3.8, 4) is 11.4 Å². The summed E-state index contributed by atoms with van der Waals surface area (Å²) in [4.78, 5) is 11.7. The molecule has 0 fully saturated rings. The summed E-state index contributed by atoms with van der Waals surface area (Å²) in [5.74, 6) is -0.894. The molecule has 14 heteroatoms. The molecule has 0 unspecified atom stereocenters. The van der Waals surface area contributed by atoms with Crippen molar-refractivity contribution < 1.29 is 36.6 Å². The summed E-state index contributed by atoms with van der Waals surface area (Å²) in [5, 5.41) is 15.7. The van der Waals surface area contributed by atoms with Crippen molar-refractivity contribution in [3.05, 3.63) is 81.5 Å². The van der Waals surface area contributed by atoms with Gasteiger partial charge in [-0.05, 0) is 49.2 Å². The Labute approximate surface area is 237 Å². The zero-order valence-corrected chi connectivity index (χ0v) is 23.0. The fourth-order valence-corrected chi connectivity index (χ4v) is 4.93. The molecule has 5 rings (SSSR count). The van der Waals surface area contributed by atoms with Crippen LogP contribution in [0.3, 0.4) is 0 Å². The minimum atomic E-state index is -4.82. The van der Waals surface area contributed by atoms with Crippen LogP contribution in [0.4, 0.5) is 13.2 Å². The molecule has 216 valence electrons. The van der Waals surface area contributed by atoms with Crippen LogP contribution in [0.25, 0.3) is 5.69 Å². The maximum atomic E-state index is 14.2. The summed E-state index contributed by atoms with van der Waals surface area (Å²) in [6.07, 6.45) is -6.74. The number of aromatic nitrogens is 5. The molecular weight excluding hydrogens is 567 g/mol. The third-order valence-corrected chi connectivity index (χ3v) is 6.82. The molecule has 2 aromatic heterocycles. The van der Waals surface area contributed by atoms with Crippen LogP contribution >= 0.6 is 11.6 Å². The van der Waals surface area contributed by atoms with E-state index in [2.05, 4.69) is 20.4 Å². The number of hydrogen-bond donors (Lipinski definition) is 0. The molecule has 0 bridgehead atoms. The molecule has 0 amide bonds. The topological polar surface area (TPSA) is 114 Å². The molecule has 41 heavy (non-hydrogen) atoms. The monoisotopic (exact) mass is 591 g/mol. The van der Waals surface area contributed by atoms with E-state index in [9.17, 15) is 18.0 Å². The average molecular weight is 592 g/mol. The average Bonchev–Trinajstić information content (AvgIpc) is 3.55. The van der Waals surface area contributed by atoms with Crippen LogP contribution in [0.15, 0.2) is 40.8 Å². The molecule has 0 radical (unpaired) electrons. The summed E-state index contributed by atoms with van der Waals surface area (Å²) < 4.78 is 66.1. The Hall–Kier alpha value is -3.97. The van der Waals surface area contributed by atoms with E-state index < -0.39 is 30.2 Å². The van der Waals surface area contributed by atoms with E-state index in [1.54, 1.807) is 31.2 Å². The van der Waals surface area contributed by atoms with E-state index in [0.717, 1.165) is 10.1 Å². The molecule has 0 N–H and O–H groups in total. The van der Waals surface area contributed by atoms with Gasteiger partial charge in [0, 0.05) is 17.0 Å². The normalized spacial score (nSPS) is 16.6. The molecule has 1 aliphatic heterocycles. The van der Waals surface area contributed by atoms with Gasteiger partial charge in [-0.15, -0.1) is 20.4 Å². The predicted octanol–water partition coefficient (Wildman–Crippen LogP) is 5.54. The second-order valence-corrected chi connectivity index (χ2v) is 9.63. The van der Waals surface area contributed by atoms with Crippen LogP contribution in [-0.2, 0) is 33.3 Å². The molecule has 2 atom stereocenters. The van der Waals surface area contributed by atoms with Crippen LogP contribution in [-0.4, -0.2) is 44.6 Å². The lowest BCUT2D eigenvalue weighted by atomic mass is 9.95. The van der Waals surface area contributed by atoms with Crippen LogP contribution < -0.4 is 4.74 Å². The number of fused-ring (bicyclic) bond motifs is 3. The lowest BCUT2D eigenvalue weighted by Crippen LogP contribution is -2.17. The zero-order chi connectivity index (χ0) is 29.3. The van der Waals surface area contributed by atoms with Crippen molar-refractivity contribution in [3.63, 3.8) is 0 Å². The van der Waals surface area contributed by atoms with Crippen LogP contribution in [0, 0.1) is 6.92 Å². The molecule has 0 spiro atoms. The van der Waals surface area contributed by atoms with E-state index >= 15 is 0 Å². The van der Waals surface area contributed by atoms with Crippen molar-refractivity contribution in [1.82, 2.24) is 25.0 Å². The maximum Gasteiger partial charge on any atom is 0.452 e. The summed E-state index contributed by atoms with van der Waals surface area (Å²) in [5.41, 5.74) is 1.93. The summed E-state index contributed by atoms with van der Waals surface area (Å²) in [7, 11) is 1.53. The Balaban J connectivity index is 1.60. The van der Waals surface area contributed by atoms with Gasteiger partial charge in [-0.3, -0.25) is 9.36 Å². The number of alkyl halides is 3. The second-order valence-electron chi connectivity index (χ2n) is 9.20. The number of methoxy groups -OCH3 is 1. The summed E-state index contributed by atoms with van der Waals surface area (Å²) in [6.45, 7) is 3.77. The van der Waals surface area contributed by atoms with E-state index in [0.29, 0.717) is 21.9 Å². The number of carbonyl (C=O) groups is 1. The molecule has 2 aromatic carbocycles. The van der Waals surface area contributed by atoms with Gasteiger partial charge in [0.05, 0.1) is 32.2 Å². The quantitative estimate of drug-likeness (QED) is 0.244. The summed E-state index contributed by atoms with van der Waals surface area (Å²) in [6, 6.07) is 9.89. The first-order valence-electron chi connectivity index (χ1n) is 12.7. The van der Waals surface area contributed by atoms with Crippen molar-refractivity contribution in [2.75, 3.05) is 13.7 Å². The highest BCUT2D eigenvalue weighted by Crippen LogP contribution is 2.45. The molecule has 0 aliphatic carbocycles. The van der Waals surface area contributed by atoms with Gasteiger partial charge < -0.3 is 18.6 Å². The third-order valence-electron chi connectivity index (χ3n) is 6.59. The highest BCUT2D eigenvalue weighted by molar-refractivity contribution is 6.30. The first kappa shape index (κ1) is 28.6. The van der Waals surface area contributed by atoms with Crippen molar-refractivity contribution in [2.45, 2.75) is 51.5 Å². The Bertz CT molecular complexity index is 1570. The number of benzene rings is 2. The number of carbonyl (C=O) groups excluding carboxylic acids is 1. The number of esters is 1. The van der Waals surface area contributed by atoms with E-state index in [4.69, 9.17) is 30.2 Å². The fourth-order valence-electron chi connectivity index (χ4n) is 4.75. The molecule has 0 saturated carbocycles. The molecule has 1 aliphatic rings. The number of nitrogens with zero attached hydrogens (tertiary/aromatic N) is 5. The Morgan fingerprint density at radius 3 is 2.61 bits per heavy atom. The van der Waals surface area contributed by atoms with Gasteiger partial charge in [0.15, 0.2) is 5.82 Å². The van der Waals surface area contributed by atoms with Gasteiger partial charge in [0.25, 0.3) is 0 Å². The lowest BCUT2D eigenvalue weighted by Gasteiger charge is -2.24. The van der Waals surface area contributed by atoms with E-state index in [-0.39, 0.29) is 49.2 Å². The Morgan fingerprint density at radius 2 is 1.88 bits per heavy atom. The largest absolute Gasteiger partial charge is 0.496 e. The van der Waals surface area contributed by atoms with Gasteiger partial charge >= 0.3 is 12.1 Å². The molecule has 3 heterocycles. The van der Waals surface area contributed by atoms with Crippen LogP contribution in [0.5, 0.6) is 5.75 Å². The Morgan fingerprint density at radius 1 is 1.10 bits per heavy atom. The number of hydrogen-bond acceptors (Lipinski definition) is 9. The minimum Gasteiger partial charge on any atom is -0.496 e. The maximum absolute atomic E-state index is 14.2. The zero-order valence-electron chi connectivity index (χ0n) is 22.2. The van der Waals surface area contributed by atoms with Crippen molar-refractivity contribution in [1.29, 1.82) is 0 Å². The standard InChI is InChI=1S/C27H25ClF3N5O5/c1-4-39-23(37)11-10-21-32-33-22(41-21)13-20-25-34-35-26(27(29,30)31)36(25)18-9-8-15(28)12-17(18)24(40-20)16-6-5-7-19(38-3)14(16)2/h5-9,12,20,24H,4,10-11,13H2,1-3H3/t20-,24-/m1/s1. The van der Waals surface area contributed by atoms with E-state index in [1.807, 2.05) is 6.92 Å². The molecule has 0 saturated heterocycles. The van der Waals surface area contributed by atoms with Crippen LogP contribution in [0.2, 0.25) is 5.02 Å². The highest BCUT2D eigenvalue weighted by atomic mass is 35.5. The summed E-state index contributed by atoms with van der Waals surface area (Å²) >= 11 is 6.34. The van der Waals surface area contributed by atoms with Crippen molar-refractivity contribution >= 4 is 17.6 Å². The van der Waals surface area contributed by atoms with Gasteiger partial charge in [0.2, 0.25) is 17.6 Å². The Kier molecular flexibility index (Phi) is 8.00. The van der Waals surface area contributed by atoms with Crippen LogP contribution in [0.1, 0.15) is 65.7 Å². The first-order chi connectivity index (χ1) is 19.6. The van der Waals surface area contributed by atoms with Gasteiger partial charge in [0.1, 0.15) is 18.0 Å². The van der Waals surface area contributed by atoms with Crippen molar-refractivity contribution in [2.24, 2.45) is 0 Å². The first-order valence-corrected chi connectivity index (χ1v) is 13.1. The molecule has 10 nitrogen and oxygen atoms in total. The number of rotatable bonds is 8. The predicted molar refractivity (Wildman–Crippen MR) is 138 cm³/mol. The van der Waals surface area contributed by atoms with Gasteiger partial charge in [-0.25, -0.2) is 0 Å². The SMILES string of the molecule is CCOC(=O)CCc1nnc(C[C@H]2O[C@H](c3cccc(OC)c3C)c3cc(Cl)ccc3-n3c2nnc3C(F)(F)F)o1. The second kappa shape index (κ2) is 11.5.